The smallest absolute Gasteiger partial charge is 0.234 e. The molecule has 34 heavy (non-hydrogen) atoms. The lowest BCUT2D eigenvalue weighted by Gasteiger charge is -2.18. The Morgan fingerprint density at radius 2 is 1.65 bits per heavy atom. The van der Waals surface area contributed by atoms with Crippen LogP contribution in [0.15, 0.2) is 110 Å². The van der Waals surface area contributed by atoms with E-state index in [1.165, 1.54) is 27.2 Å². The first kappa shape index (κ1) is 19.0. The van der Waals surface area contributed by atoms with Crippen LogP contribution in [0, 0.1) is 0 Å². The summed E-state index contributed by atoms with van der Waals surface area (Å²) in [5.41, 5.74) is 5.64. The van der Waals surface area contributed by atoms with Crippen molar-refractivity contribution in [2.45, 2.75) is 12.5 Å². The van der Waals surface area contributed by atoms with Crippen molar-refractivity contribution in [2.24, 2.45) is 0 Å². The fourth-order valence-corrected chi connectivity index (χ4v) is 5.13. The minimum Gasteiger partial charge on any atom is -0.333 e. The quantitative estimate of drug-likeness (QED) is 0.310. The fraction of sp³-hybridized carbons (Fsp3) is 0.0690. The first-order valence-electron chi connectivity index (χ1n) is 11.5. The standard InChI is InChI=1S/C29H21N5/c1-2-6-23(7-3-1)34-25-9-5-4-8-24(25)27-26(34)11-10-21-14-17-33(28(21)27)29-31-18-22(19-32-29)20-12-15-30-16-13-20/h1-6,8-19,23H,7H2. The summed E-state index contributed by atoms with van der Waals surface area (Å²) in [6.07, 6.45) is 19.2. The maximum absolute atomic E-state index is 4.74. The van der Waals surface area contributed by atoms with Crippen LogP contribution in [0.25, 0.3) is 49.8 Å². The maximum Gasteiger partial charge on any atom is 0.234 e. The molecule has 0 spiro atoms. The Kier molecular flexibility index (Phi) is 4.21. The van der Waals surface area contributed by atoms with E-state index >= 15 is 0 Å². The minimum atomic E-state index is 0.296. The van der Waals surface area contributed by atoms with E-state index in [0.29, 0.717) is 12.0 Å². The third kappa shape index (κ3) is 2.83. The van der Waals surface area contributed by atoms with Crippen molar-refractivity contribution in [2.75, 3.05) is 0 Å². The molecule has 0 radical (unpaired) electrons. The van der Waals surface area contributed by atoms with Gasteiger partial charge in [0.1, 0.15) is 0 Å². The van der Waals surface area contributed by atoms with Crippen molar-refractivity contribution >= 4 is 32.7 Å². The lowest BCUT2D eigenvalue weighted by molar-refractivity contribution is 0.648. The highest BCUT2D eigenvalue weighted by atomic mass is 15.1. The number of nitrogens with zero attached hydrogens (tertiary/aromatic N) is 5. The molecule has 162 valence electrons. The molecule has 0 bridgehead atoms. The van der Waals surface area contributed by atoms with Gasteiger partial charge in [-0.05, 0) is 42.3 Å². The first-order chi connectivity index (χ1) is 16.9. The zero-order valence-electron chi connectivity index (χ0n) is 18.4. The maximum atomic E-state index is 4.74. The molecule has 4 heterocycles. The molecule has 0 N–H and O–H groups in total. The summed E-state index contributed by atoms with van der Waals surface area (Å²) >= 11 is 0. The van der Waals surface area contributed by atoms with Gasteiger partial charge in [0.05, 0.1) is 17.1 Å². The number of pyridine rings is 1. The molecule has 1 atom stereocenters. The fourth-order valence-electron chi connectivity index (χ4n) is 5.13. The summed E-state index contributed by atoms with van der Waals surface area (Å²) in [5, 5.41) is 3.67. The molecule has 1 aliphatic carbocycles. The van der Waals surface area contributed by atoms with Crippen LogP contribution in [0.5, 0.6) is 0 Å². The summed E-state index contributed by atoms with van der Waals surface area (Å²) in [6.45, 7) is 0. The van der Waals surface area contributed by atoms with Crippen molar-refractivity contribution < 1.29 is 0 Å². The van der Waals surface area contributed by atoms with Crippen LogP contribution >= 0.6 is 0 Å². The topological polar surface area (TPSA) is 48.5 Å². The summed E-state index contributed by atoms with van der Waals surface area (Å²) in [5.74, 6) is 0.664. The molecule has 0 fully saturated rings. The van der Waals surface area contributed by atoms with Crippen LogP contribution in [0.4, 0.5) is 0 Å². The molecule has 0 aliphatic heterocycles. The molecule has 5 nitrogen and oxygen atoms in total. The number of hydrogen-bond acceptors (Lipinski definition) is 3. The van der Waals surface area contributed by atoms with Crippen molar-refractivity contribution in [1.82, 2.24) is 24.1 Å². The Morgan fingerprint density at radius 1 is 0.794 bits per heavy atom. The van der Waals surface area contributed by atoms with Crippen LogP contribution in [0.2, 0.25) is 0 Å². The first-order valence-corrected chi connectivity index (χ1v) is 11.5. The van der Waals surface area contributed by atoms with E-state index in [1.807, 2.05) is 24.5 Å². The highest BCUT2D eigenvalue weighted by molar-refractivity contribution is 6.20. The van der Waals surface area contributed by atoms with Crippen molar-refractivity contribution in [1.29, 1.82) is 0 Å². The van der Waals surface area contributed by atoms with E-state index in [4.69, 9.17) is 9.97 Å². The monoisotopic (exact) mass is 439 g/mol. The predicted octanol–water partition coefficient (Wildman–Crippen LogP) is 6.65. The zero-order chi connectivity index (χ0) is 22.5. The minimum absolute atomic E-state index is 0.296. The molecule has 1 unspecified atom stereocenters. The molecule has 5 heteroatoms. The van der Waals surface area contributed by atoms with E-state index < -0.39 is 0 Å². The molecule has 0 amide bonds. The average molecular weight is 440 g/mol. The lowest BCUT2D eigenvalue weighted by atomic mass is 10.1. The summed E-state index contributed by atoms with van der Waals surface area (Å²) in [4.78, 5) is 13.6. The van der Waals surface area contributed by atoms with Gasteiger partial charge in [-0.2, -0.15) is 0 Å². The number of rotatable bonds is 3. The van der Waals surface area contributed by atoms with E-state index in [-0.39, 0.29) is 0 Å². The second-order valence-electron chi connectivity index (χ2n) is 8.59. The Bertz CT molecular complexity index is 1720. The van der Waals surface area contributed by atoms with Gasteiger partial charge in [0.15, 0.2) is 0 Å². The van der Waals surface area contributed by atoms with Gasteiger partial charge in [0.2, 0.25) is 5.95 Å². The van der Waals surface area contributed by atoms with Crippen LogP contribution in [-0.4, -0.2) is 24.1 Å². The lowest BCUT2D eigenvalue weighted by Crippen LogP contribution is -2.06. The van der Waals surface area contributed by atoms with Crippen molar-refractivity contribution in [3.05, 3.63) is 110 Å². The Balaban J connectivity index is 1.47. The zero-order valence-corrected chi connectivity index (χ0v) is 18.4. The second-order valence-corrected chi connectivity index (χ2v) is 8.59. The number of aromatic nitrogens is 5. The second kappa shape index (κ2) is 7.52. The Hall–Kier alpha value is -4.51. The van der Waals surface area contributed by atoms with Crippen LogP contribution < -0.4 is 0 Å². The van der Waals surface area contributed by atoms with Gasteiger partial charge in [-0.25, -0.2) is 9.97 Å². The Morgan fingerprint density at radius 3 is 2.47 bits per heavy atom. The predicted molar refractivity (Wildman–Crippen MR) is 137 cm³/mol. The highest BCUT2D eigenvalue weighted by Crippen LogP contribution is 2.39. The molecule has 0 saturated heterocycles. The molecular formula is C29H21N5. The Labute approximate surface area is 196 Å². The van der Waals surface area contributed by atoms with Gasteiger partial charge in [0.25, 0.3) is 0 Å². The molecule has 0 saturated carbocycles. The summed E-state index contributed by atoms with van der Waals surface area (Å²) < 4.78 is 4.58. The molecule has 7 rings (SSSR count). The third-order valence-electron chi connectivity index (χ3n) is 6.68. The van der Waals surface area contributed by atoms with Gasteiger partial charge in [-0.3, -0.25) is 9.55 Å². The van der Waals surface area contributed by atoms with Crippen LogP contribution in [0.3, 0.4) is 0 Å². The molecule has 4 aromatic heterocycles. The summed E-state index contributed by atoms with van der Waals surface area (Å²) in [7, 11) is 0. The van der Waals surface area contributed by atoms with Gasteiger partial charge < -0.3 is 4.57 Å². The van der Waals surface area contributed by atoms with Crippen molar-refractivity contribution in [3.8, 4) is 17.1 Å². The van der Waals surface area contributed by atoms with E-state index in [0.717, 1.165) is 23.1 Å². The molecule has 6 aromatic rings. The molecule has 1 aliphatic rings. The van der Waals surface area contributed by atoms with Gasteiger partial charge in [-0.1, -0.05) is 48.6 Å². The number of hydrogen-bond donors (Lipinski definition) is 0. The number of benzene rings is 2. The SMILES string of the molecule is C1=CCC(n2c3ccccc3c3c4c(ccc32)ccn4-c2ncc(-c3ccncc3)cn2)C=C1. The van der Waals surface area contributed by atoms with Crippen molar-refractivity contribution in [3.63, 3.8) is 0 Å². The molecule has 2 aromatic carbocycles. The van der Waals surface area contributed by atoms with E-state index in [2.05, 4.69) is 87.1 Å². The summed E-state index contributed by atoms with van der Waals surface area (Å²) in [6, 6.07) is 19.5. The highest BCUT2D eigenvalue weighted by Gasteiger charge is 2.20. The normalized spacial score (nSPS) is 15.6. The average Bonchev–Trinajstić information content (AvgIpc) is 3.49. The van der Waals surface area contributed by atoms with Gasteiger partial charge >= 0.3 is 0 Å². The third-order valence-corrected chi connectivity index (χ3v) is 6.68. The van der Waals surface area contributed by atoms with E-state index in [1.54, 1.807) is 12.4 Å². The number of allylic oxidation sites excluding steroid dienone is 4. The van der Waals surface area contributed by atoms with Crippen LogP contribution in [-0.2, 0) is 0 Å². The van der Waals surface area contributed by atoms with Crippen LogP contribution in [0.1, 0.15) is 12.5 Å². The largest absolute Gasteiger partial charge is 0.333 e. The number of para-hydroxylation sites is 1. The van der Waals surface area contributed by atoms with Gasteiger partial charge in [0, 0.05) is 58.2 Å². The molecular weight excluding hydrogens is 418 g/mol. The van der Waals surface area contributed by atoms with E-state index in [9.17, 15) is 0 Å². The van der Waals surface area contributed by atoms with Gasteiger partial charge in [-0.15, -0.1) is 0 Å². The number of fused-ring (bicyclic) bond motifs is 5.